The van der Waals surface area contributed by atoms with Gasteiger partial charge in [-0.15, -0.1) is 0 Å². The van der Waals surface area contributed by atoms with Crippen molar-refractivity contribution in [2.75, 3.05) is 13.7 Å². The second-order valence-electron chi connectivity index (χ2n) is 7.07. The number of esters is 1. The molecule has 1 heterocycles. The number of carbonyl (C=O) groups is 1. The van der Waals surface area contributed by atoms with Gasteiger partial charge in [0.25, 0.3) is 0 Å². The van der Waals surface area contributed by atoms with Gasteiger partial charge >= 0.3 is 5.97 Å². The lowest BCUT2D eigenvalue weighted by Gasteiger charge is -2.40. The summed E-state index contributed by atoms with van der Waals surface area (Å²) in [7, 11) is 1.60. The molecule has 2 aromatic carbocycles. The standard InChI is InChI=1S/C22H26O8/c1-13(23)28-12-18-19(24)20(25)21(26)22(30-18)29-17-6-4-3-5-15(17)11-14-7-9-16(27-2)10-8-14/h3-10,18-22,24-26H,11-12H2,1-2H3/t18-,19-,20+,21-,22-/m1/s1. The molecule has 1 aliphatic heterocycles. The lowest BCUT2D eigenvalue weighted by molar-refractivity contribution is -0.278. The molecule has 1 saturated heterocycles. The van der Waals surface area contributed by atoms with Gasteiger partial charge in [0.15, 0.2) is 0 Å². The Morgan fingerprint density at radius 2 is 1.70 bits per heavy atom. The summed E-state index contributed by atoms with van der Waals surface area (Å²) in [5.41, 5.74) is 1.87. The lowest BCUT2D eigenvalue weighted by Crippen LogP contribution is -2.60. The van der Waals surface area contributed by atoms with Crippen LogP contribution in [0.15, 0.2) is 48.5 Å². The van der Waals surface area contributed by atoms with Crippen molar-refractivity contribution in [1.82, 2.24) is 0 Å². The zero-order valence-corrected chi connectivity index (χ0v) is 16.8. The number of benzene rings is 2. The molecule has 1 aliphatic rings. The Morgan fingerprint density at radius 1 is 1.00 bits per heavy atom. The number of carbonyl (C=O) groups excluding carboxylic acids is 1. The lowest BCUT2D eigenvalue weighted by atomic mass is 9.99. The zero-order valence-electron chi connectivity index (χ0n) is 16.8. The maximum Gasteiger partial charge on any atom is 0.302 e. The van der Waals surface area contributed by atoms with Crippen LogP contribution in [-0.2, 0) is 20.7 Å². The zero-order chi connectivity index (χ0) is 21.7. The molecule has 5 atom stereocenters. The number of para-hydroxylation sites is 1. The van der Waals surface area contributed by atoms with Gasteiger partial charge in [-0.05, 0) is 29.3 Å². The van der Waals surface area contributed by atoms with Gasteiger partial charge in [-0.1, -0.05) is 30.3 Å². The first-order chi connectivity index (χ1) is 14.4. The molecule has 0 aromatic heterocycles. The largest absolute Gasteiger partial charge is 0.497 e. The molecule has 0 spiro atoms. The fourth-order valence-electron chi connectivity index (χ4n) is 3.20. The highest BCUT2D eigenvalue weighted by Gasteiger charge is 2.45. The van der Waals surface area contributed by atoms with Crippen LogP contribution in [0.25, 0.3) is 0 Å². The normalized spacial score (nSPS) is 26.1. The minimum Gasteiger partial charge on any atom is -0.497 e. The maximum absolute atomic E-state index is 11.1. The Bertz CT molecular complexity index is 837. The van der Waals surface area contributed by atoms with E-state index < -0.39 is 36.7 Å². The van der Waals surface area contributed by atoms with E-state index in [9.17, 15) is 20.1 Å². The molecule has 8 nitrogen and oxygen atoms in total. The van der Waals surface area contributed by atoms with Crippen molar-refractivity contribution in [1.29, 1.82) is 0 Å². The van der Waals surface area contributed by atoms with Crippen LogP contribution in [0, 0.1) is 0 Å². The van der Waals surface area contributed by atoms with Crippen molar-refractivity contribution >= 4 is 5.97 Å². The summed E-state index contributed by atoms with van der Waals surface area (Å²) in [6.07, 6.45) is -6.15. The van der Waals surface area contributed by atoms with Crippen LogP contribution in [0.3, 0.4) is 0 Å². The van der Waals surface area contributed by atoms with Crippen LogP contribution < -0.4 is 9.47 Å². The van der Waals surface area contributed by atoms with Crippen molar-refractivity contribution in [3.8, 4) is 11.5 Å². The Balaban J connectivity index is 1.74. The highest BCUT2D eigenvalue weighted by Crippen LogP contribution is 2.28. The first-order valence-electron chi connectivity index (χ1n) is 9.59. The summed E-state index contributed by atoms with van der Waals surface area (Å²) in [5.74, 6) is 0.675. The molecule has 0 saturated carbocycles. The predicted octanol–water partition coefficient (Wildman–Crippen LogP) is 1.04. The van der Waals surface area contributed by atoms with E-state index in [2.05, 4.69) is 0 Å². The molecule has 30 heavy (non-hydrogen) atoms. The van der Waals surface area contributed by atoms with Gasteiger partial charge in [-0.25, -0.2) is 0 Å². The quantitative estimate of drug-likeness (QED) is 0.572. The summed E-state index contributed by atoms with van der Waals surface area (Å²) in [5, 5.41) is 30.6. The summed E-state index contributed by atoms with van der Waals surface area (Å²) in [4.78, 5) is 11.1. The second kappa shape index (κ2) is 9.90. The average Bonchev–Trinajstić information content (AvgIpc) is 2.75. The van der Waals surface area contributed by atoms with Crippen molar-refractivity contribution < 1.29 is 39.1 Å². The molecular formula is C22H26O8. The van der Waals surface area contributed by atoms with Gasteiger partial charge in [-0.2, -0.15) is 0 Å². The molecule has 1 fully saturated rings. The van der Waals surface area contributed by atoms with E-state index in [0.717, 1.165) is 16.9 Å². The molecule has 8 heteroatoms. The van der Waals surface area contributed by atoms with E-state index in [1.807, 2.05) is 36.4 Å². The third-order valence-electron chi connectivity index (χ3n) is 4.89. The van der Waals surface area contributed by atoms with Crippen molar-refractivity contribution in [3.63, 3.8) is 0 Å². The number of aliphatic hydroxyl groups excluding tert-OH is 3. The number of ether oxygens (including phenoxy) is 4. The number of aliphatic hydroxyl groups is 3. The molecule has 162 valence electrons. The van der Waals surface area contributed by atoms with Crippen LogP contribution in [0.1, 0.15) is 18.1 Å². The fourth-order valence-corrected chi connectivity index (χ4v) is 3.20. The predicted molar refractivity (Wildman–Crippen MR) is 106 cm³/mol. The van der Waals surface area contributed by atoms with E-state index >= 15 is 0 Å². The number of rotatable bonds is 7. The van der Waals surface area contributed by atoms with Crippen molar-refractivity contribution in [2.24, 2.45) is 0 Å². The highest BCUT2D eigenvalue weighted by molar-refractivity contribution is 5.65. The minimum atomic E-state index is -1.52. The first-order valence-corrected chi connectivity index (χ1v) is 9.59. The Morgan fingerprint density at radius 3 is 2.37 bits per heavy atom. The molecule has 0 radical (unpaired) electrons. The molecule has 2 aromatic rings. The first kappa shape index (κ1) is 22.0. The molecule has 0 bridgehead atoms. The topological polar surface area (TPSA) is 115 Å². The van der Waals surface area contributed by atoms with Gasteiger partial charge < -0.3 is 34.3 Å². The second-order valence-corrected chi connectivity index (χ2v) is 7.07. The fraction of sp³-hybridized carbons (Fsp3) is 0.409. The average molecular weight is 418 g/mol. The van der Waals surface area contributed by atoms with Crippen LogP contribution in [0.2, 0.25) is 0 Å². The van der Waals surface area contributed by atoms with Crippen LogP contribution in [-0.4, -0.2) is 65.7 Å². The molecule has 0 aliphatic carbocycles. The van der Waals surface area contributed by atoms with Crippen LogP contribution in [0.4, 0.5) is 0 Å². The van der Waals surface area contributed by atoms with Crippen LogP contribution >= 0.6 is 0 Å². The smallest absolute Gasteiger partial charge is 0.302 e. The minimum absolute atomic E-state index is 0.270. The summed E-state index contributed by atoms with van der Waals surface area (Å²) < 4.78 is 21.5. The van der Waals surface area contributed by atoms with E-state index in [4.69, 9.17) is 18.9 Å². The van der Waals surface area contributed by atoms with Crippen molar-refractivity contribution in [2.45, 2.75) is 44.1 Å². The molecule has 0 unspecified atom stereocenters. The number of hydrogen-bond donors (Lipinski definition) is 3. The number of methoxy groups -OCH3 is 1. The van der Waals surface area contributed by atoms with E-state index in [1.165, 1.54) is 6.92 Å². The third kappa shape index (κ3) is 5.28. The molecule has 3 rings (SSSR count). The van der Waals surface area contributed by atoms with Gasteiger partial charge in [0.1, 0.15) is 42.5 Å². The van der Waals surface area contributed by atoms with E-state index in [-0.39, 0.29) is 6.61 Å². The van der Waals surface area contributed by atoms with E-state index in [1.54, 1.807) is 19.2 Å². The summed E-state index contributed by atoms with van der Waals surface area (Å²) >= 11 is 0. The Kier molecular flexibility index (Phi) is 7.28. The highest BCUT2D eigenvalue weighted by atomic mass is 16.7. The van der Waals surface area contributed by atoms with E-state index in [0.29, 0.717) is 12.2 Å². The van der Waals surface area contributed by atoms with Gasteiger partial charge in [0.05, 0.1) is 7.11 Å². The Hall–Kier alpha value is -2.65. The third-order valence-corrected chi connectivity index (χ3v) is 4.89. The van der Waals surface area contributed by atoms with Crippen molar-refractivity contribution in [3.05, 3.63) is 59.7 Å². The number of hydrogen-bond acceptors (Lipinski definition) is 8. The van der Waals surface area contributed by atoms with Crippen LogP contribution in [0.5, 0.6) is 11.5 Å². The van der Waals surface area contributed by atoms with Gasteiger partial charge in [0.2, 0.25) is 6.29 Å². The van der Waals surface area contributed by atoms with Gasteiger partial charge in [-0.3, -0.25) is 4.79 Å². The summed E-state index contributed by atoms with van der Waals surface area (Å²) in [6, 6.07) is 14.9. The molecule has 0 amide bonds. The molecular weight excluding hydrogens is 392 g/mol. The maximum atomic E-state index is 11.1. The monoisotopic (exact) mass is 418 g/mol. The summed E-state index contributed by atoms with van der Waals surface area (Å²) in [6.45, 7) is 0.956. The van der Waals surface area contributed by atoms with Gasteiger partial charge in [0, 0.05) is 13.3 Å². The molecule has 3 N–H and O–H groups in total. The Labute approximate surface area is 174 Å². The SMILES string of the molecule is COc1ccc(Cc2ccccc2O[C@@H]2O[C@H](COC(C)=O)[C@@H](O)[C@H](O)[C@H]2O)cc1.